The fraction of sp³-hybridized carbons (Fsp3) is 0.286. The van der Waals surface area contributed by atoms with Crippen LogP contribution in [-0.4, -0.2) is 59.9 Å². The van der Waals surface area contributed by atoms with E-state index in [1.807, 2.05) is 80.5 Å². The number of aliphatic hydroxyl groups excluding tert-OH is 1. The Kier molecular flexibility index (Phi) is 5.62. The van der Waals surface area contributed by atoms with E-state index >= 15 is 0 Å². The fourth-order valence-corrected chi connectivity index (χ4v) is 4.96. The maximum Gasteiger partial charge on any atom is 0.295 e. The lowest BCUT2D eigenvalue weighted by atomic mass is 9.91. The molecule has 34 heavy (non-hydrogen) atoms. The summed E-state index contributed by atoms with van der Waals surface area (Å²) in [5, 5.41) is 13.4. The van der Waals surface area contributed by atoms with Gasteiger partial charge in [0.15, 0.2) is 0 Å². The SMILES string of the molecule is CC1Cc2cc(/C(O)=C3\C(=O)C(=O)N(CCN(C)C)C3c3cccc4ccccc34)ccc2O1. The third kappa shape index (κ3) is 3.74. The molecule has 0 aliphatic carbocycles. The molecule has 1 saturated heterocycles. The lowest BCUT2D eigenvalue weighted by molar-refractivity contribution is -0.140. The standard InChI is InChI=1S/C28H28N2O4/c1-17-15-20-16-19(11-12-23(20)34-17)26(31)24-25(30(14-13-29(2)3)28(33)27(24)32)22-10-6-8-18-7-4-5-9-21(18)22/h4-12,16-17,25,31H,13-15H2,1-3H3/b26-24+. The van der Waals surface area contributed by atoms with Gasteiger partial charge >= 0.3 is 0 Å². The molecule has 3 aromatic carbocycles. The normalized spacial score (nSPS) is 21.4. The first-order chi connectivity index (χ1) is 16.3. The number of benzene rings is 3. The Labute approximate surface area is 199 Å². The number of carbonyl (C=O) groups excluding carboxylic acids is 2. The number of Topliss-reactive ketones (excluding diaryl/α,β-unsaturated/α-hetero) is 1. The number of fused-ring (bicyclic) bond motifs is 2. The van der Waals surface area contributed by atoms with Crippen LogP contribution in [0.5, 0.6) is 5.75 Å². The van der Waals surface area contributed by atoms with Crippen LogP contribution in [0, 0.1) is 0 Å². The lowest BCUT2D eigenvalue weighted by Gasteiger charge is -2.27. The van der Waals surface area contributed by atoms with Gasteiger partial charge in [-0.2, -0.15) is 0 Å². The number of aliphatic hydroxyl groups is 1. The van der Waals surface area contributed by atoms with Gasteiger partial charge < -0.3 is 19.6 Å². The quantitative estimate of drug-likeness (QED) is 0.355. The zero-order valence-corrected chi connectivity index (χ0v) is 19.6. The number of hydrogen-bond donors (Lipinski definition) is 1. The summed E-state index contributed by atoms with van der Waals surface area (Å²) in [4.78, 5) is 30.1. The van der Waals surface area contributed by atoms with E-state index in [-0.39, 0.29) is 17.4 Å². The molecule has 2 heterocycles. The van der Waals surface area contributed by atoms with Crippen LogP contribution in [0.1, 0.15) is 29.7 Å². The summed E-state index contributed by atoms with van der Waals surface area (Å²) in [6.07, 6.45) is 0.806. The van der Waals surface area contributed by atoms with Gasteiger partial charge in [0.05, 0.1) is 11.6 Å². The molecule has 0 spiro atoms. The second-order valence-corrected chi connectivity index (χ2v) is 9.32. The van der Waals surface area contributed by atoms with Gasteiger partial charge in [-0.1, -0.05) is 42.5 Å². The van der Waals surface area contributed by atoms with Gasteiger partial charge in [0, 0.05) is 25.1 Å². The lowest BCUT2D eigenvalue weighted by Crippen LogP contribution is -2.35. The monoisotopic (exact) mass is 456 g/mol. The van der Waals surface area contributed by atoms with Crippen molar-refractivity contribution in [2.45, 2.75) is 25.5 Å². The molecule has 1 N–H and O–H groups in total. The summed E-state index contributed by atoms with van der Waals surface area (Å²) in [7, 11) is 3.86. The van der Waals surface area contributed by atoms with E-state index in [0.29, 0.717) is 18.7 Å². The van der Waals surface area contributed by atoms with Crippen molar-refractivity contribution in [3.8, 4) is 5.75 Å². The highest BCUT2D eigenvalue weighted by Crippen LogP contribution is 2.42. The Morgan fingerprint density at radius 2 is 1.85 bits per heavy atom. The molecule has 3 aromatic rings. The van der Waals surface area contributed by atoms with E-state index in [0.717, 1.165) is 34.1 Å². The van der Waals surface area contributed by atoms with Crippen molar-refractivity contribution in [3.63, 3.8) is 0 Å². The number of hydrogen-bond acceptors (Lipinski definition) is 5. The molecule has 0 bridgehead atoms. The minimum Gasteiger partial charge on any atom is -0.507 e. The average molecular weight is 457 g/mol. The van der Waals surface area contributed by atoms with Crippen LogP contribution in [0.4, 0.5) is 0 Å². The molecule has 6 nitrogen and oxygen atoms in total. The molecule has 1 fully saturated rings. The van der Waals surface area contributed by atoms with E-state index in [2.05, 4.69) is 0 Å². The molecule has 5 rings (SSSR count). The zero-order chi connectivity index (χ0) is 24.0. The van der Waals surface area contributed by atoms with Crippen molar-refractivity contribution < 1.29 is 19.4 Å². The van der Waals surface area contributed by atoms with Gasteiger partial charge in [-0.25, -0.2) is 0 Å². The zero-order valence-electron chi connectivity index (χ0n) is 19.6. The van der Waals surface area contributed by atoms with Crippen LogP contribution >= 0.6 is 0 Å². The number of ketones is 1. The molecule has 0 saturated carbocycles. The molecular formula is C28H28N2O4. The summed E-state index contributed by atoms with van der Waals surface area (Å²) in [5.74, 6) is -0.592. The topological polar surface area (TPSA) is 70.1 Å². The van der Waals surface area contributed by atoms with E-state index in [1.54, 1.807) is 11.0 Å². The van der Waals surface area contributed by atoms with Gasteiger partial charge in [-0.15, -0.1) is 0 Å². The Bertz CT molecular complexity index is 1320. The first kappa shape index (κ1) is 22.2. The van der Waals surface area contributed by atoms with E-state index in [1.165, 1.54) is 0 Å². The maximum atomic E-state index is 13.3. The number of likely N-dealkylation sites (N-methyl/N-ethyl adjacent to an activating group) is 1. The van der Waals surface area contributed by atoms with Crippen LogP contribution in [0.3, 0.4) is 0 Å². The second-order valence-electron chi connectivity index (χ2n) is 9.32. The van der Waals surface area contributed by atoms with Crippen LogP contribution < -0.4 is 4.74 Å². The molecule has 0 radical (unpaired) electrons. The average Bonchev–Trinajstić information content (AvgIpc) is 3.32. The van der Waals surface area contributed by atoms with Crippen molar-refractivity contribution in [2.75, 3.05) is 27.2 Å². The van der Waals surface area contributed by atoms with Crippen molar-refractivity contribution in [1.82, 2.24) is 9.80 Å². The molecular weight excluding hydrogens is 428 g/mol. The highest BCUT2D eigenvalue weighted by Gasteiger charge is 2.46. The molecule has 2 atom stereocenters. The van der Waals surface area contributed by atoms with Crippen LogP contribution in [0.15, 0.2) is 66.2 Å². The maximum absolute atomic E-state index is 13.3. The van der Waals surface area contributed by atoms with Gasteiger partial charge in [0.25, 0.3) is 11.7 Å². The summed E-state index contributed by atoms with van der Waals surface area (Å²) < 4.78 is 5.78. The molecule has 0 aromatic heterocycles. The van der Waals surface area contributed by atoms with Gasteiger partial charge in [-0.3, -0.25) is 9.59 Å². The summed E-state index contributed by atoms with van der Waals surface area (Å²) in [6, 6.07) is 18.5. The van der Waals surface area contributed by atoms with Crippen molar-refractivity contribution in [2.24, 2.45) is 0 Å². The van der Waals surface area contributed by atoms with Crippen molar-refractivity contribution >= 4 is 28.2 Å². The first-order valence-electron chi connectivity index (χ1n) is 11.6. The van der Waals surface area contributed by atoms with Crippen molar-refractivity contribution in [1.29, 1.82) is 0 Å². The molecule has 1 amide bonds. The number of amides is 1. The first-order valence-corrected chi connectivity index (χ1v) is 11.6. The number of carbonyl (C=O) groups is 2. The third-order valence-corrected chi connectivity index (χ3v) is 6.62. The predicted octanol–water partition coefficient (Wildman–Crippen LogP) is 4.15. The van der Waals surface area contributed by atoms with E-state index in [4.69, 9.17) is 4.74 Å². The molecule has 174 valence electrons. The Balaban J connectivity index is 1.69. The largest absolute Gasteiger partial charge is 0.507 e. The van der Waals surface area contributed by atoms with E-state index in [9.17, 15) is 14.7 Å². The molecule has 6 heteroatoms. The van der Waals surface area contributed by atoms with Crippen LogP contribution in [0.25, 0.3) is 16.5 Å². The van der Waals surface area contributed by atoms with Crippen LogP contribution in [0.2, 0.25) is 0 Å². The predicted molar refractivity (Wildman–Crippen MR) is 132 cm³/mol. The van der Waals surface area contributed by atoms with Crippen molar-refractivity contribution in [3.05, 3.63) is 82.9 Å². The smallest absolute Gasteiger partial charge is 0.295 e. The number of nitrogens with zero attached hydrogens (tertiary/aromatic N) is 2. The Morgan fingerprint density at radius 1 is 1.09 bits per heavy atom. The Hall–Kier alpha value is -3.64. The summed E-state index contributed by atoms with van der Waals surface area (Å²) >= 11 is 0. The summed E-state index contributed by atoms with van der Waals surface area (Å²) in [6.45, 7) is 2.97. The highest BCUT2D eigenvalue weighted by molar-refractivity contribution is 6.46. The molecule has 2 unspecified atom stereocenters. The van der Waals surface area contributed by atoms with Gasteiger partial charge in [0.1, 0.15) is 17.6 Å². The third-order valence-electron chi connectivity index (χ3n) is 6.62. The molecule has 2 aliphatic rings. The number of ether oxygens (including phenoxy) is 1. The number of likely N-dealkylation sites (tertiary alicyclic amines) is 1. The fourth-order valence-electron chi connectivity index (χ4n) is 4.96. The van der Waals surface area contributed by atoms with Gasteiger partial charge in [-0.05, 0) is 61.1 Å². The Morgan fingerprint density at radius 3 is 2.65 bits per heavy atom. The second kappa shape index (κ2) is 8.61. The highest BCUT2D eigenvalue weighted by atomic mass is 16.5. The van der Waals surface area contributed by atoms with E-state index < -0.39 is 17.7 Å². The minimum absolute atomic E-state index is 0.0692. The number of rotatable bonds is 5. The van der Waals surface area contributed by atoms with Gasteiger partial charge in [0.2, 0.25) is 0 Å². The minimum atomic E-state index is -0.672. The van der Waals surface area contributed by atoms with Crippen LogP contribution in [-0.2, 0) is 16.0 Å². The summed E-state index contributed by atoms with van der Waals surface area (Å²) in [5.41, 5.74) is 2.47. The molecule has 2 aliphatic heterocycles.